The van der Waals surface area contributed by atoms with Crippen LogP contribution >= 0.6 is 0 Å². The number of rotatable bonds is 2. The van der Waals surface area contributed by atoms with Gasteiger partial charge in [0.1, 0.15) is 5.49 Å². The third-order valence-electron chi connectivity index (χ3n) is 4.19. The predicted octanol–water partition coefficient (Wildman–Crippen LogP) is -0.741. The van der Waals surface area contributed by atoms with Crippen LogP contribution in [0.1, 0.15) is 21.5 Å². The van der Waals surface area contributed by atoms with E-state index in [1.54, 1.807) is 6.20 Å². The van der Waals surface area contributed by atoms with Gasteiger partial charge in [0, 0.05) is 19.3 Å². The molecule has 1 aromatic carbocycles. The molecule has 0 spiro atoms. The van der Waals surface area contributed by atoms with E-state index in [0.29, 0.717) is 35.9 Å². The van der Waals surface area contributed by atoms with E-state index in [1.165, 1.54) is 0 Å². The van der Waals surface area contributed by atoms with Crippen LogP contribution in [0.5, 0.6) is 0 Å². The summed E-state index contributed by atoms with van der Waals surface area (Å²) in [6.45, 7) is 1.42. The number of nitrogens with two attached hydrogens (primary N) is 1. The molecule has 0 saturated carbocycles. The highest BCUT2D eigenvalue weighted by Gasteiger charge is 2.23. The van der Waals surface area contributed by atoms with Gasteiger partial charge in [-0.1, -0.05) is 30.3 Å². The summed E-state index contributed by atoms with van der Waals surface area (Å²) >= 11 is 0. The SMILES string of the molecule is NC1=NC(=O)c2c3c(c(=O)[nH]c2=N1)=CN(Cc1ccccc1)CC3. The zero-order chi connectivity index (χ0) is 16.7. The number of aromatic amines is 1. The van der Waals surface area contributed by atoms with Crippen molar-refractivity contribution >= 4 is 18.1 Å². The normalized spacial score (nSPS) is 15.8. The third-order valence-corrected chi connectivity index (χ3v) is 4.19. The molecule has 7 heteroatoms. The lowest BCUT2D eigenvalue weighted by molar-refractivity contribution is 0.0998. The molecule has 0 saturated heterocycles. The second-order valence-corrected chi connectivity index (χ2v) is 5.79. The first-order valence-electron chi connectivity index (χ1n) is 7.64. The minimum Gasteiger partial charge on any atom is -0.372 e. The zero-order valence-electron chi connectivity index (χ0n) is 12.8. The van der Waals surface area contributed by atoms with Crippen molar-refractivity contribution in [2.75, 3.05) is 6.54 Å². The summed E-state index contributed by atoms with van der Waals surface area (Å²) in [6.07, 6.45) is 2.39. The van der Waals surface area contributed by atoms with Gasteiger partial charge in [-0.15, -0.1) is 0 Å². The second kappa shape index (κ2) is 5.45. The van der Waals surface area contributed by atoms with Gasteiger partial charge in [0.05, 0.1) is 10.8 Å². The van der Waals surface area contributed by atoms with Crippen LogP contribution in [-0.2, 0) is 13.0 Å². The van der Waals surface area contributed by atoms with E-state index in [2.05, 4.69) is 19.9 Å². The Morgan fingerprint density at radius 3 is 2.75 bits per heavy atom. The van der Waals surface area contributed by atoms with E-state index < -0.39 is 5.91 Å². The van der Waals surface area contributed by atoms with Gasteiger partial charge in [-0.25, -0.2) is 0 Å². The highest BCUT2D eigenvalue weighted by Crippen LogP contribution is 2.12. The van der Waals surface area contributed by atoms with Gasteiger partial charge in [0.2, 0.25) is 5.96 Å². The number of benzene rings is 1. The van der Waals surface area contributed by atoms with Gasteiger partial charge < -0.3 is 15.6 Å². The highest BCUT2D eigenvalue weighted by atomic mass is 16.1. The minimum atomic E-state index is -0.449. The van der Waals surface area contributed by atoms with Crippen molar-refractivity contribution in [2.24, 2.45) is 15.7 Å². The van der Waals surface area contributed by atoms with Gasteiger partial charge in [0.15, 0.2) is 0 Å². The van der Waals surface area contributed by atoms with Gasteiger partial charge in [-0.05, 0) is 17.5 Å². The fourth-order valence-electron chi connectivity index (χ4n) is 3.11. The largest absolute Gasteiger partial charge is 0.372 e. The summed E-state index contributed by atoms with van der Waals surface area (Å²) in [5.74, 6) is -0.580. The highest BCUT2D eigenvalue weighted by molar-refractivity contribution is 6.05. The molecule has 0 radical (unpaired) electrons. The molecule has 0 fully saturated rings. The number of amides is 1. The monoisotopic (exact) mass is 321 g/mol. The number of nitrogens with one attached hydrogen (secondary N) is 1. The van der Waals surface area contributed by atoms with E-state index in [0.717, 1.165) is 5.56 Å². The second-order valence-electron chi connectivity index (χ2n) is 5.79. The molecule has 3 heterocycles. The van der Waals surface area contributed by atoms with Crippen LogP contribution in [-0.4, -0.2) is 28.3 Å². The Morgan fingerprint density at radius 2 is 1.96 bits per heavy atom. The van der Waals surface area contributed by atoms with Crippen molar-refractivity contribution in [1.29, 1.82) is 0 Å². The predicted molar refractivity (Wildman–Crippen MR) is 88.8 cm³/mol. The summed E-state index contributed by atoms with van der Waals surface area (Å²) in [5, 5.41) is 0.496. The number of aromatic nitrogens is 1. The summed E-state index contributed by atoms with van der Waals surface area (Å²) in [5.41, 5.74) is 7.65. The average molecular weight is 321 g/mol. The summed E-state index contributed by atoms with van der Waals surface area (Å²) in [6, 6.07) is 10.0. The maximum Gasteiger partial charge on any atom is 0.284 e. The molecule has 0 aliphatic carbocycles. The van der Waals surface area contributed by atoms with Crippen LogP contribution in [0, 0.1) is 0 Å². The molecule has 1 amide bonds. The number of hydrogen-bond acceptors (Lipinski definition) is 5. The van der Waals surface area contributed by atoms with Crippen molar-refractivity contribution in [1.82, 2.24) is 9.88 Å². The molecule has 1 aromatic heterocycles. The summed E-state index contributed by atoms with van der Waals surface area (Å²) in [4.78, 5) is 36.9. The van der Waals surface area contributed by atoms with E-state index in [1.807, 2.05) is 30.3 Å². The Balaban J connectivity index is 1.82. The fraction of sp³-hybridized carbons (Fsp3) is 0.176. The zero-order valence-corrected chi connectivity index (χ0v) is 12.8. The van der Waals surface area contributed by atoms with Crippen LogP contribution < -0.4 is 22.0 Å². The lowest BCUT2D eigenvalue weighted by Crippen LogP contribution is -2.47. The number of hydrogen-bond donors (Lipinski definition) is 2. The Kier molecular flexibility index (Phi) is 3.26. The van der Waals surface area contributed by atoms with E-state index >= 15 is 0 Å². The van der Waals surface area contributed by atoms with Crippen molar-refractivity contribution < 1.29 is 4.79 Å². The number of fused-ring (bicyclic) bond motifs is 3. The molecule has 2 aliphatic heterocycles. The smallest absolute Gasteiger partial charge is 0.284 e. The van der Waals surface area contributed by atoms with Gasteiger partial charge in [-0.3, -0.25) is 9.59 Å². The van der Waals surface area contributed by atoms with Crippen molar-refractivity contribution in [2.45, 2.75) is 13.0 Å². The number of pyridine rings is 1. The van der Waals surface area contributed by atoms with Crippen molar-refractivity contribution in [3.05, 3.63) is 68.1 Å². The summed E-state index contributed by atoms with van der Waals surface area (Å²) in [7, 11) is 0. The Morgan fingerprint density at radius 1 is 1.17 bits per heavy atom. The Labute approximate surface area is 136 Å². The van der Waals surface area contributed by atoms with Gasteiger partial charge in [-0.2, -0.15) is 9.98 Å². The molecule has 0 bridgehead atoms. The molecule has 2 aliphatic rings. The molecule has 3 N–H and O–H groups in total. The number of guanidine groups is 1. The fourth-order valence-corrected chi connectivity index (χ4v) is 3.11. The molecule has 0 atom stereocenters. The first-order chi connectivity index (χ1) is 11.6. The number of carbonyl (C=O) groups excluding carboxylic acids is 1. The molecule has 0 unspecified atom stereocenters. The number of aliphatic imine (C=N–C) groups is 1. The van der Waals surface area contributed by atoms with E-state index in [4.69, 9.17) is 5.73 Å². The summed E-state index contributed by atoms with van der Waals surface area (Å²) < 4.78 is 0. The Hall–Kier alpha value is -3.22. The molecular weight excluding hydrogens is 306 g/mol. The molecule has 120 valence electrons. The first-order valence-corrected chi connectivity index (χ1v) is 7.64. The standard InChI is InChI=1S/C17H15N5O2/c18-17-20-14-13(16(24)21-17)11-6-7-22(9-12(11)15(23)19-14)8-10-4-2-1-3-5-10/h1-5,9H,6-8H2,(H3,18,19,20,21,23,24). The lowest BCUT2D eigenvalue weighted by atomic mass is 10.0. The van der Waals surface area contributed by atoms with Crippen LogP contribution in [0.3, 0.4) is 0 Å². The number of H-pyrrole nitrogens is 1. The first kappa shape index (κ1) is 14.4. The number of carbonyl (C=O) groups is 1. The molecular formula is C17H15N5O2. The van der Waals surface area contributed by atoms with Crippen LogP contribution in [0.2, 0.25) is 0 Å². The lowest BCUT2D eigenvalue weighted by Gasteiger charge is -2.25. The minimum absolute atomic E-state index is 0.131. The Bertz CT molecular complexity index is 1040. The quantitative estimate of drug-likeness (QED) is 0.760. The van der Waals surface area contributed by atoms with Crippen LogP contribution in [0.15, 0.2) is 45.1 Å². The third kappa shape index (κ3) is 2.40. The van der Waals surface area contributed by atoms with Gasteiger partial charge in [0.25, 0.3) is 11.5 Å². The van der Waals surface area contributed by atoms with Crippen molar-refractivity contribution in [3.8, 4) is 0 Å². The maximum absolute atomic E-state index is 12.4. The molecule has 4 rings (SSSR count). The van der Waals surface area contributed by atoms with E-state index in [9.17, 15) is 9.59 Å². The van der Waals surface area contributed by atoms with Gasteiger partial charge >= 0.3 is 0 Å². The molecule has 24 heavy (non-hydrogen) atoms. The molecule has 7 nitrogen and oxygen atoms in total. The van der Waals surface area contributed by atoms with Crippen LogP contribution in [0.4, 0.5) is 0 Å². The molecule has 2 aromatic rings. The topological polar surface area (TPSA) is 104 Å². The number of nitrogens with zero attached hydrogens (tertiary/aromatic N) is 3. The average Bonchev–Trinajstić information content (AvgIpc) is 2.55. The van der Waals surface area contributed by atoms with Crippen molar-refractivity contribution in [3.63, 3.8) is 0 Å². The van der Waals surface area contributed by atoms with E-state index in [-0.39, 0.29) is 17.0 Å². The maximum atomic E-state index is 12.4. The van der Waals surface area contributed by atoms with Crippen LogP contribution in [0.25, 0.3) is 6.20 Å².